The molecule has 0 aliphatic carbocycles. The molecule has 9 heteroatoms. The van der Waals surface area contributed by atoms with Crippen molar-refractivity contribution in [1.29, 1.82) is 0 Å². The number of rotatable bonds is 7. The average molecular weight is 444 g/mol. The third-order valence-electron chi connectivity index (χ3n) is 4.25. The maximum absolute atomic E-state index is 13.8. The Bertz CT molecular complexity index is 1030. The molecule has 0 radical (unpaired) electrons. The Morgan fingerprint density at radius 3 is 2.58 bits per heavy atom. The van der Waals surface area contributed by atoms with Crippen molar-refractivity contribution >= 4 is 24.5 Å². The number of nitrogens with one attached hydrogen (secondary N) is 3. The van der Waals surface area contributed by atoms with Crippen LogP contribution in [-0.2, 0) is 4.74 Å². The highest BCUT2D eigenvalue weighted by Crippen LogP contribution is 2.36. The summed E-state index contributed by atoms with van der Waals surface area (Å²) in [5.41, 5.74) is 2.52. The number of alkyl carbamates (subject to hydrolysis) is 1. The fourth-order valence-electron chi connectivity index (χ4n) is 2.95. The molecular formula is C22H26FN5O2S. The number of hydrogen-bond acceptors (Lipinski definition) is 6. The minimum Gasteiger partial charge on any atom is -0.444 e. The lowest BCUT2D eigenvalue weighted by molar-refractivity contribution is 0.0528. The van der Waals surface area contributed by atoms with E-state index in [2.05, 4.69) is 38.4 Å². The molecule has 0 fully saturated rings. The highest BCUT2D eigenvalue weighted by molar-refractivity contribution is 7.80. The zero-order chi connectivity index (χ0) is 22.4. The molecule has 3 N–H and O–H groups in total. The van der Waals surface area contributed by atoms with E-state index >= 15 is 0 Å². The number of aromatic amines is 1. The summed E-state index contributed by atoms with van der Waals surface area (Å²) in [6, 6.07) is 10.7. The number of halogens is 1. The molecule has 0 atom stereocenters. The first-order chi connectivity index (χ1) is 14.7. The van der Waals surface area contributed by atoms with Crippen molar-refractivity contribution in [3.63, 3.8) is 0 Å². The Hall–Kier alpha value is -3.07. The summed E-state index contributed by atoms with van der Waals surface area (Å²) in [6.45, 7) is 6.45. The number of pyridine rings is 1. The van der Waals surface area contributed by atoms with E-state index in [0.717, 1.165) is 21.7 Å². The van der Waals surface area contributed by atoms with Crippen molar-refractivity contribution in [1.82, 2.24) is 20.5 Å². The van der Waals surface area contributed by atoms with Crippen LogP contribution in [0.25, 0.3) is 22.4 Å². The van der Waals surface area contributed by atoms with Crippen molar-refractivity contribution in [2.45, 2.75) is 37.7 Å². The number of carbonyl (C=O) groups excluding carboxylic acids is 1. The van der Waals surface area contributed by atoms with Gasteiger partial charge < -0.3 is 15.4 Å². The first-order valence-electron chi connectivity index (χ1n) is 9.93. The van der Waals surface area contributed by atoms with Gasteiger partial charge in [-0.1, -0.05) is 12.1 Å². The van der Waals surface area contributed by atoms with E-state index in [-0.39, 0.29) is 0 Å². The second kappa shape index (κ2) is 9.82. The second-order valence-corrected chi connectivity index (χ2v) is 8.46. The summed E-state index contributed by atoms with van der Waals surface area (Å²) < 4.78 is 19.0. The second-order valence-electron chi connectivity index (χ2n) is 7.95. The van der Waals surface area contributed by atoms with Crippen LogP contribution in [0.1, 0.15) is 27.2 Å². The Morgan fingerprint density at radius 1 is 1.16 bits per heavy atom. The van der Waals surface area contributed by atoms with Crippen molar-refractivity contribution in [3.8, 4) is 22.4 Å². The van der Waals surface area contributed by atoms with Gasteiger partial charge in [-0.05, 0) is 51.0 Å². The lowest BCUT2D eigenvalue weighted by atomic mass is 10.0. The van der Waals surface area contributed by atoms with E-state index in [1.54, 1.807) is 6.07 Å². The van der Waals surface area contributed by atoms with Crippen LogP contribution in [0.3, 0.4) is 0 Å². The van der Waals surface area contributed by atoms with Crippen molar-refractivity contribution in [2.75, 3.05) is 18.4 Å². The quantitative estimate of drug-likeness (QED) is 0.237. The first kappa shape index (κ1) is 22.6. The minimum atomic E-state index is -0.567. The molecule has 0 aliphatic rings. The van der Waals surface area contributed by atoms with E-state index in [9.17, 15) is 9.18 Å². The normalized spacial score (nSPS) is 11.3. The molecular weight excluding hydrogens is 417 g/mol. The first-order valence-corrected chi connectivity index (χ1v) is 10.4. The van der Waals surface area contributed by atoms with Crippen LogP contribution in [0.2, 0.25) is 0 Å². The van der Waals surface area contributed by atoms with E-state index in [0.29, 0.717) is 30.9 Å². The zero-order valence-electron chi connectivity index (χ0n) is 17.7. The van der Waals surface area contributed by atoms with Gasteiger partial charge in [-0.2, -0.15) is 9.49 Å². The Labute approximate surface area is 186 Å². The van der Waals surface area contributed by atoms with Gasteiger partial charge in [-0.25, -0.2) is 9.78 Å². The molecule has 0 unspecified atom stereocenters. The number of aromatic nitrogens is 3. The summed E-state index contributed by atoms with van der Waals surface area (Å²) in [6.07, 6.45) is 1.63. The molecule has 2 heterocycles. The monoisotopic (exact) mass is 443 g/mol. The van der Waals surface area contributed by atoms with Gasteiger partial charge in [0.05, 0.1) is 11.3 Å². The van der Waals surface area contributed by atoms with Gasteiger partial charge in [0.25, 0.3) is 0 Å². The minimum absolute atomic E-state index is 0.446. The van der Waals surface area contributed by atoms with Crippen LogP contribution in [0.5, 0.6) is 0 Å². The Kier molecular flexibility index (Phi) is 7.17. The van der Waals surface area contributed by atoms with Crippen molar-refractivity contribution in [2.24, 2.45) is 0 Å². The fourth-order valence-corrected chi connectivity index (χ4v) is 3.09. The summed E-state index contributed by atoms with van der Waals surface area (Å²) in [5, 5.41) is 13.4. The number of thiol groups is 1. The van der Waals surface area contributed by atoms with Crippen LogP contribution >= 0.6 is 12.6 Å². The molecule has 0 saturated heterocycles. The number of anilines is 1. The molecule has 0 spiro atoms. The Morgan fingerprint density at radius 2 is 1.90 bits per heavy atom. The molecule has 0 bridgehead atoms. The van der Waals surface area contributed by atoms with Gasteiger partial charge in [-0.15, -0.1) is 12.6 Å². The van der Waals surface area contributed by atoms with E-state index in [4.69, 9.17) is 4.74 Å². The van der Waals surface area contributed by atoms with Gasteiger partial charge >= 0.3 is 6.09 Å². The highest BCUT2D eigenvalue weighted by Gasteiger charge is 2.18. The smallest absolute Gasteiger partial charge is 0.407 e. The lowest BCUT2D eigenvalue weighted by Crippen LogP contribution is -2.33. The van der Waals surface area contributed by atoms with Crippen molar-refractivity contribution < 1.29 is 13.9 Å². The molecule has 1 amide bonds. The molecule has 164 valence electrons. The van der Waals surface area contributed by atoms with Gasteiger partial charge in [0.2, 0.25) is 5.95 Å². The van der Waals surface area contributed by atoms with E-state index in [1.165, 1.54) is 12.3 Å². The maximum atomic E-state index is 13.8. The number of carbonyl (C=O) groups is 1. The fraction of sp³-hybridized carbons (Fsp3) is 0.318. The zero-order valence-corrected chi connectivity index (χ0v) is 18.6. The average Bonchev–Trinajstić information content (AvgIpc) is 3.11. The number of nitrogens with zero attached hydrogens (tertiary/aromatic N) is 2. The standard InChI is InChI=1S/C22H26FN5O2S/c1-22(2,3)30-21(29)26-11-4-10-25-20-18(15-9-12-24-17(23)13-15)19(27-28-20)14-5-7-16(31)8-6-14/h5-9,12-13,31H,4,10-11H2,1-3H3,(H,26,29)(H2,25,27,28). The molecule has 2 aromatic heterocycles. The molecule has 31 heavy (non-hydrogen) atoms. The number of H-pyrrole nitrogens is 1. The summed E-state index contributed by atoms with van der Waals surface area (Å²) >= 11 is 4.33. The maximum Gasteiger partial charge on any atom is 0.407 e. The topological polar surface area (TPSA) is 91.9 Å². The molecule has 7 nitrogen and oxygen atoms in total. The number of ether oxygens (including phenoxy) is 1. The van der Waals surface area contributed by atoms with Crippen LogP contribution in [0.15, 0.2) is 47.5 Å². The summed E-state index contributed by atoms with van der Waals surface area (Å²) in [4.78, 5) is 16.2. The van der Waals surface area contributed by atoms with Crippen molar-refractivity contribution in [3.05, 3.63) is 48.5 Å². The third-order valence-corrected chi connectivity index (χ3v) is 4.55. The molecule has 3 aromatic rings. The van der Waals surface area contributed by atoms with Crippen LogP contribution in [-0.4, -0.2) is 40.0 Å². The number of hydrogen-bond donors (Lipinski definition) is 4. The van der Waals surface area contributed by atoms with Gasteiger partial charge in [-0.3, -0.25) is 5.10 Å². The highest BCUT2D eigenvalue weighted by atomic mass is 32.1. The van der Waals surface area contributed by atoms with Gasteiger partial charge in [0.15, 0.2) is 5.82 Å². The predicted octanol–water partition coefficient (Wildman–Crippen LogP) is 4.89. The molecule has 1 aromatic carbocycles. The summed E-state index contributed by atoms with van der Waals surface area (Å²) in [5.74, 6) is 0.0238. The van der Waals surface area contributed by atoms with Crippen LogP contribution in [0.4, 0.5) is 15.0 Å². The molecule has 0 saturated carbocycles. The lowest BCUT2D eigenvalue weighted by Gasteiger charge is -2.19. The molecule has 3 rings (SSSR count). The molecule has 0 aliphatic heterocycles. The Balaban J connectivity index is 1.72. The van der Waals surface area contributed by atoms with Gasteiger partial charge in [0, 0.05) is 35.8 Å². The predicted molar refractivity (Wildman–Crippen MR) is 122 cm³/mol. The van der Waals surface area contributed by atoms with Crippen LogP contribution < -0.4 is 10.6 Å². The largest absolute Gasteiger partial charge is 0.444 e. The summed E-state index contributed by atoms with van der Waals surface area (Å²) in [7, 11) is 0. The SMILES string of the molecule is CC(C)(C)OC(=O)NCCCNc1n[nH]c(-c2ccc(S)cc2)c1-c1ccnc(F)c1. The number of benzene rings is 1. The van der Waals surface area contributed by atoms with Crippen LogP contribution in [0, 0.1) is 5.95 Å². The van der Waals surface area contributed by atoms with E-state index < -0.39 is 17.6 Å². The van der Waals surface area contributed by atoms with Gasteiger partial charge in [0.1, 0.15) is 5.60 Å². The van der Waals surface area contributed by atoms with E-state index in [1.807, 2.05) is 45.0 Å². The third kappa shape index (κ3) is 6.45. The number of amides is 1.